The topological polar surface area (TPSA) is 67.5 Å². The summed E-state index contributed by atoms with van der Waals surface area (Å²) in [5.41, 5.74) is 0.925. The molecule has 1 N–H and O–H groups in total. The lowest BCUT2D eigenvalue weighted by Crippen LogP contribution is -2.60. The van der Waals surface area contributed by atoms with Crippen molar-refractivity contribution in [3.05, 3.63) is 23.7 Å². The number of ketones is 1. The number of carboxylic acids is 1. The van der Waals surface area contributed by atoms with Crippen LogP contribution in [0, 0.1) is 22.7 Å². The molecule has 0 bridgehead atoms. The molecule has 0 radical (unpaired) electrons. The predicted octanol–water partition coefficient (Wildman–Crippen LogP) is 4.43. The fourth-order valence-electron chi connectivity index (χ4n) is 6.61. The number of carbonyl (C=O) groups is 2. The third-order valence-corrected chi connectivity index (χ3v) is 7.95. The van der Waals surface area contributed by atoms with Crippen LogP contribution in [0.2, 0.25) is 0 Å². The van der Waals surface area contributed by atoms with Gasteiger partial charge >= 0.3 is 5.97 Å². The monoisotopic (exact) mass is 330 g/mol. The molecule has 1 aromatic rings. The van der Waals surface area contributed by atoms with E-state index in [0.29, 0.717) is 6.42 Å². The highest BCUT2D eigenvalue weighted by Crippen LogP contribution is 2.66. The van der Waals surface area contributed by atoms with Gasteiger partial charge in [0.25, 0.3) is 0 Å². The Morgan fingerprint density at radius 1 is 1.17 bits per heavy atom. The summed E-state index contributed by atoms with van der Waals surface area (Å²) in [6.45, 7) is 6.43. The van der Waals surface area contributed by atoms with Gasteiger partial charge < -0.3 is 9.52 Å². The average Bonchev–Trinajstić information content (AvgIpc) is 3.01. The molecule has 3 aliphatic rings. The first-order valence-electron chi connectivity index (χ1n) is 9.07. The molecule has 5 atom stereocenters. The van der Waals surface area contributed by atoms with Crippen molar-refractivity contribution in [1.29, 1.82) is 0 Å². The molecule has 2 fully saturated rings. The van der Waals surface area contributed by atoms with Crippen molar-refractivity contribution >= 4 is 11.8 Å². The normalized spacial score (nSPS) is 44.4. The van der Waals surface area contributed by atoms with Crippen LogP contribution in [0.5, 0.6) is 0 Å². The minimum atomic E-state index is -0.673. The summed E-state index contributed by atoms with van der Waals surface area (Å²) in [5.74, 6) is -0.185. The van der Waals surface area contributed by atoms with Gasteiger partial charge in [0.1, 0.15) is 6.26 Å². The molecule has 4 nitrogen and oxygen atoms in total. The van der Waals surface area contributed by atoms with E-state index in [1.807, 2.05) is 6.92 Å². The smallest absolute Gasteiger partial charge is 0.309 e. The van der Waals surface area contributed by atoms with Crippen molar-refractivity contribution in [3.63, 3.8) is 0 Å². The van der Waals surface area contributed by atoms with E-state index in [2.05, 4.69) is 13.8 Å². The molecule has 0 spiro atoms. The van der Waals surface area contributed by atoms with Crippen molar-refractivity contribution in [1.82, 2.24) is 0 Å². The van der Waals surface area contributed by atoms with Crippen LogP contribution < -0.4 is 0 Å². The lowest BCUT2D eigenvalue weighted by molar-refractivity contribution is -0.171. The molecule has 2 saturated carbocycles. The highest BCUT2D eigenvalue weighted by Gasteiger charge is 2.63. The summed E-state index contributed by atoms with van der Waals surface area (Å²) >= 11 is 0. The van der Waals surface area contributed by atoms with Crippen molar-refractivity contribution in [2.75, 3.05) is 0 Å². The van der Waals surface area contributed by atoms with Gasteiger partial charge in [-0.2, -0.15) is 0 Å². The Hall–Kier alpha value is -1.58. The third kappa shape index (κ3) is 1.75. The van der Waals surface area contributed by atoms with Gasteiger partial charge in [-0.1, -0.05) is 20.3 Å². The van der Waals surface area contributed by atoms with Crippen LogP contribution in [0.25, 0.3) is 0 Å². The van der Waals surface area contributed by atoms with E-state index in [1.165, 1.54) is 0 Å². The Bertz CT molecular complexity index is 719. The first-order chi connectivity index (χ1) is 11.2. The van der Waals surface area contributed by atoms with E-state index in [1.54, 1.807) is 12.5 Å². The molecule has 4 rings (SSSR count). The molecule has 24 heavy (non-hydrogen) atoms. The summed E-state index contributed by atoms with van der Waals surface area (Å²) in [7, 11) is 0. The number of carboxylic acid groups (broad SMARTS) is 1. The maximum atomic E-state index is 12.7. The Morgan fingerprint density at radius 2 is 1.92 bits per heavy atom. The number of hydrogen-bond acceptors (Lipinski definition) is 3. The van der Waals surface area contributed by atoms with Crippen LogP contribution >= 0.6 is 0 Å². The molecular formula is C20H26O4. The highest BCUT2D eigenvalue weighted by molar-refractivity contribution is 5.99. The van der Waals surface area contributed by atoms with E-state index in [4.69, 9.17) is 4.42 Å². The Balaban J connectivity index is 1.84. The molecule has 0 amide bonds. The minimum Gasteiger partial charge on any atom is -0.481 e. The first kappa shape index (κ1) is 15.9. The zero-order valence-corrected chi connectivity index (χ0v) is 14.7. The summed E-state index contributed by atoms with van der Waals surface area (Å²) < 4.78 is 5.39. The molecular weight excluding hydrogens is 304 g/mol. The zero-order chi connectivity index (χ0) is 17.3. The molecule has 3 aliphatic carbocycles. The van der Waals surface area contributed by atoms with Crippen molar-refractivity contribution in [3.8, 4) is 0 Å². The average molecular weight is 330 g/mol. The van der Waals surface area contributed by atoms with E-state index in [0.717, 1.165) is 43.2 Å². The van der Waals surface area contributed by atoms with E-state index in [9.17, 15) is 14.7 Å². The second kappa shape index (κ2) is 4.74. The number of Topliss-reactive ketones (excluding diaryl/α,β-unsaturated/α-hetero) is 1. The van der Waals surface area contributed by atoms with Gasteiger partial charge in [0.15, 0.2) is 5.78 Å². The second-order valence-electron chi connectivity index (χ2n) is 8.97. The second-order valence-corrected chi connectivity index (χ2v) is 8.97. The highest BCUT2D eigenvalue weighted by atomic mass is 16.4. The van der Waals surface area contributed by atoms with Crippen LogP contribution in [0.3, 0.4) is 0 Å². The number of hydrogen-bond donors (Lipinski definition) is 1. The van der Waals surface area contributed by atoms with Gasteiger partial charge in [0.2, 0.25) is 0 Å². The van der Waals surface area contributed by atoms with Crippen LogP contribution in [-0.2, 0) is 10.2 Å². The number of carbonyl (C=O) groups excluding carboxylic acids is 1. The minimum absolute atomic E-state index is 0.0851. The summed E-state index contributed by atoms with van der Waals surface area (Å²) in [6.07, 6.45) is 8.39. The Kier molecular flexibility index (Phi) is 3.14. The molecule has 130 valence electrons. The maximum Gasteiger partial charge on any atom is 0.309 e. The van der Waals surface area contributed by atoms with Gasteiger partial charge in [-0.15, -0.1) is 0 Å². The number of fused-ring (bicyclic) bond motifs is 5. The van der Waals surface area contributed by atoms with Gasteiger partial charge in [0.05, 0.1) is 17.2 Å². The van der Waals surface area contributed by atoms with Gasteiger partial charge in [0, 0.05) is 17.4 Å². The van der Waals surface area contributed by atoms with Crippen LogP contribution in [0.4, 0.5) is 0 Å². The Morgan fingerprint density at radius 3 is 2.62 bits per heavy atom. The van der Waals surface area contributed by atoms with Crippen LogP contribution in [0.15, 0.2) is 16.9 Å². The van der Waals surface area contributed by atoms with E-state index < -0.39 is 11.4 Å². The molecule has 0 unspecified atom stereocenters. The third-order valence-electron chi connectivity index (χ3n) is 7.95. The van der Waals surface area contributed by atoms with Crippen LogP contribution in [0.1, 0.15) is 75.2 Å². The summed E-state index contributed by atoms with van der Waals surface area (Å²) in [4.78, 5) is 24.7. The number of rotatable bonds is 1. The predicted molar refractivity (Wildman–Crippen MR) is 88.9 cm³/mol. The van der Waals surface area contributed by atoms with Crippen molar-refractivity contribution in [2.24, 2.45) is 22.7 Å². The lowest BCUT2D eigenvalue weighted by Gasteiger charge is -2.62. The zero-order valence-electron chi connectivity index (χ0n) is 14.7. The SMILES string of the molecule is C[C@]12CCC[C@](C)(C(=O)O)[C@@H]1CC[C@@]1(C)c3cocc3C(=O)C[C@H]21. The molecule has 0 aliphatic heterocycles. The standard InChI is InChI=1S/C20H26O4/c1-18-8-5-15-19(2,6-4-7-20(15,3)17(22)23)16(18)9-14(21)12-10-24-11-13(12)18/h10-11,15-16H,4-9H2,1-3H3,(H,22,23)/t15-,16+,18+,19+,20+/m1/s1. The summed E-state index contributed by atoms with van der Waals surface area (Å²) in [6, 6.07) is 0. The Labute approximate surface area is 142 Å². The van der Waals surface area contributed by atoms with Gasteiger partial charge in [-0.3, -0.25) is 9.59 Å². The van der Waals surface area contributed by atoms with Gasteiger partial charge in [-0.25, -0.2) is 0 Å². The maximum absolute atomic E-state index is 12.7. The molecule has 0 aromatic carbocycles. The van der Waals surface area contributed by atoms with E-state index >= 15 is 0 Å². The van der Waals surface area contributed by atoms with Crippen molar-refractivity contribution < 1.29 is 19.1 Å². The molecule has 4 heteroatoms. The van der Waals surface area contributed by atoms with Gasteiger partial charge in [-0.05, 0) is 49.9 Å². The number of aliphatic carboxylic acids is 1. The quantitative estimate of drug-likeness (QED) is 0.827. The number of furan rings is 1. The largest absolute Gasteiger partial charge is 0.481 e. The lowest BCUT2D eigenvalue weighted by atomic mass is 9.40. The van der Waals surface area contributed by atoms with Crippen LogP contribution in [-0.4, -0.2) is 16.9 Å². The molecule has 1 aromatic heterocycles. The van der Waals surface area contributed by atoms with Crippen molar-refractivity contribution in [2.45, 2.75) is 64.7 Å². The fourth-order valence-corrected chi connectivity index (χ4v) is 6.61. The summed E-state index contributed by atoms with van der Waals surface area (Å²) in [5, 5.41) is 9.91. The fraction of sp³-hybridized carbons (Fsp3) is 0.700. The molecule has 0 saturated heterocycles. The first-order valence-corrected chi connectivity index (χ1v) is 9.07. The van der Waals surface area contributed by atoms with E-state index in [-0.39, 0.29) is 28.4 Å². The molecule has 1 heterocycles.